The highest BCUT2D eigenvalue weighted by Gasteiger charge is 2.21. The van der Waals surface area contributed by atoms with Crippen molar-refractivity contribution in [3.05, 3.63) is 77.9 Å². The van der Waals surface area contributed by atoms with Gasteiger partial charge in [0.1, 0.15) is 11.5 Å². The topological polar surface area (TPSA) is 78.1 Å². The highest BCUT2D eigenvalue weighted by atomic mass is 32.2. The van der Waals surface area contributed by atoms with E-state index in [4.69, 9.17) is 0 Å². The van der Waals surface area contributed by atoms with E-state index in [9.17, 15) is 8.42 Å². The summed E-state index contributed by atoms with van der Waals surface area (Å²) in [5, 5.41) is 4.21. The van der Waals surface area contributed by atoms with E-state index >= 15 is 4.39 Å². The lowest BCUT2D eigenvalue weighted by atomic mass is 9.93. The van der Waals surface area contributed by atoms with Crippen LogP contribution in [0.4, 0.5) is 10.1 Å². The SMILES string of the molecule is CN1CCC(c2cc3c(-c4cc(NCc5cccc(S(C)(=O)=O)c5)ccc4F)ccnc3[nH]2)CC1. The van der Waals surface area contributed by atoms with Gasteiger partial charge < -0.3 is 15.2 Å². The number of aromatic amines is 1. The van der Waals surface area contributed by atoms with Crippen molar-refractivity contribution in [1.82, 2.24) is 14.9 Å². The molecular weight excluding hydrogens is 463 g/mol. The molecule has 2 aromatic carbocycles. The minimum Gasteiger partial charge on any atom is -0.381 e. The molecule has 0 aliphatic carbocycles. The van der Waals surface area contributed by atoms with E-state index in [2.05, 4.69) is 33.3 Å². The fourth-order valence-electron chi connectivity index (χ4n) is 4.75. The van der Waals surface area contributed by atoms with Crippen LogP contribution >= 0.6 is 0 Å². The van der Waals surface area contributed by atoms with Gasteiger partial charge in [0.15, 0.2) is 9.84 Å². The molecule has 3 heterocycles. The maximum Gasteiger partial charge on any atom is 0.175 e. The highest BCUT2D eigenvalue weighted by Crippen LogP contribution is 2.35. The smallest absolute Gasteiger partial charge is 0.175 e. The number of benzene rings is 2. The summed E-state index contributed by atoms with van der Waals surface area (Å²) in [4.78, 5) is 10.6. The molecule has 1 fully saturated rings. The number of sulfone groups is 1. The Morgan fingerprint density at radius 3 is 2.66 bits per heavy atom. The highest BCUT2D eigenvalue weighted by molar-refractivity contribution is 7.90. The summed E-state index contributed by atoms with van der Waals surface area (Å²) in [5.41, 5.74) is 4.81. The zero-order chi connectivity index (χ0) is 24.6. The molecule has 0 saturated carbocycles. The first-order valence-corrected chi connectivity index (χ1v) is 13.7. The van der Waals surface area contributed by atoms with Crippen molar-refractivity contribution in [1.29, 1.82) is 0 Å². The molecule has 0 spiro atoms. The first-order chi connectivity index (χ1) is 16.8. The summed E-state index contributed by atoms with van der Waals surface area (Å²) in [6.45, 7) is 2.55. The molecule has 2 aromatic heterocycles. The molecule has 6 nitrogen and oxygen atoms in total. The van der Waals surface area contributed by atoms with Gasteiger partial charge in [-0.1, -0.05) is 12.1 Å². The molecular formula is C27H29FN4O2S. The molecule has 1 aliphatic heterocycles. The normalized spacial score (nSPS) is 15.5. The summed E-state index contributed by atoms with van der Waals surface area (Å²) >= 11 is 0. The number of hydrogen-bond donors (Lipinski definition) is 2. The number of piperidine rings is 1. The number of rotatable bonds is 6. The number of pyridine rings is 1. The van der Waals surface area contributed by atoms with E-state index < -0.39 is 9.84 Å². The van der Waals surface area contributed by atoms with Gasteiger partial charge in [-0.05, 0) is 86.6 Å². The van der Waals surface area contributed by atoms with E-state index in [0.29, 0.717) is 18.0 Å². The molecule has 2 N–H and O–H groups in total. The fraction of sp³-hybridized carbons (Fsp3) is 0.296. The summed E-state index contributed by atoms with van der Waals surface area (Å²) in [6, 6.07) is 15.8. The van der Waals surface area contributed by atoms with Crippen LogP contribution in [0, 0.1) is 5.82 Å². The molecule has 182 valence electrons. The number of nitrogens with zero attached hydrogens (tertiary/aromatic N) is 2. The third kappa shape index (κ3) is 5.09. The van der Waals surface area contributed by atoms with Gasteiger partial charge in [0.05, 0.1) is 4.90 Å². The van der Waals surface area contributed by atoms with Gasteiger partial charge in [-0.2, -0.15) is 0 Å². The summed E-state index contributed by atoms with van der Waals surface area (Å²) in [7, 11) is -1.13. The third-order valence-corrected chi connectivity index (χ3v) is 7.90. The zero-order valence-corrected chi connectivity index (χ0v) is 20.7. The molecule has 0 atom stereocenters. The fourth-order valence-corrected chi connectivity index (χ4v) is 5.44. The number of likely N-dealkylation sites (tertiary alicyclic amines) is 1. The van der Waals surface area contributed by atoms with Crippen molar-refractivity contribution in [2.45, 2.75) is 30.2 Å². The number of aromatic nitrogens is 2. The first kappa shape index (κ1) is 23.5. The average molecular weight is 493 g/mol. The van der Waals surface area contributed by atoms with Crippen LogP contribution in [0.25, 0.3) is 22.2 Å². The quantitative estimate of drug-likeness (QED) is 0.387. The van der Waals surface area contributed by atoms with Crippen LogP contribution in [0.2, 0.25) is 0 Å². The standard InChI is InChI=1S/C27H29FN4O2S/c1-32-12-9-19(10-13-32)26-16-24-22(8-11-29-27(24)31-26)23-15-20(6-7-25(23)28)30-17-18-4-3-5-21(14-18)35(2,33)34/h3-8,11,14-16,19,30H,9-10,12-13,17H2,1-2H3,(H,29,31). The molecule has 0 amide bonds. The zero-order valence-electron chi connectivity index (χ0n) is 19.9. The second kappa shape index (κ2) is 9.43. The second-order valence-electron chi connectivity index (χ2n) is 9.39. The Morgan fingerprint density at radius 1 is 1.09 bits per heavy atom. The maximum absolute atomic E-state index is 15.0. The number of nitrogens with one attached hydrogen (secondary N) is 2. The lowest BCUT2D eigenvalue weighted by Gasteiger charge is -2.28. The van der Waals surface area contributed by atoms with Gasteiger partial charge in [0.25, 0.3) is 0 Å². The second-order valence-corrected chi connectivity index (χ2v) is 11.4. The van der Waals surface area contributed by atoms with Crippen molar-refractivity contribution in [3.63, 3.8) is 0 Å². The average Bonchev–Trinajstić information content (AvgIpc) is 3.28. The van der Waals surface area contributed by atoms with Gasteiger partial charge in [0, 0.05) is 47.2 Å². The van der Waals surface area contributed by atoms with Crippen LogP contribution < -0.4 is 5.32 Å². The molecule has 5 rings (SSSR count). The molecule has 35 heavy (non-hydrogen) atoms. The van der Waals surface area contributed by atoms with Crippen LogP contribution in [-0.4, -0.2) is 49.7 Å². The van der Waals surface area contributed by atoms with Gasteiger partial charge in [-0.3, -0.25) is 0 Å². The predicted octanol–water partition coefficient (Wildman–Crippen LogP) is 5.19. The molecule has 0 unspecified atom stereocenters. The molecule has 8 heteroatoms. The molecule has 1 aliphatic rings. The number of H-pyrrole nitrogens is 1. The van der Waals surface area contributed by atoms with Crippen molar-refractivity contribution >= 4 is 26.6 Å². The van der Waals surface area contributed by atoms with Gasteiger partial charge in [-0.15, -0.1) is 0 Å². The Bertz CT molecular complexity index is 1470. The van der Waals surface area contributed by atoms with Crippen molar-refractivity contribution < 1.29 is 12.8 Å². The maximum atomic E-state index is 15.0. The van der Waals surface area contributed by atoms with Gasteiger partial charge >= 0.3 is 0 Å². The Balaban J connectivity index is 1.42. The monoisotopic (exact) mass is 492 g/mol. The molecule has 1 saturated heterocycles. The minimum atomic E-state index is -3.28. The van der Waals surface area contributed by atoms with Crippen LogP contribution in [0.15, 0.2) is 65.7 Å². The van der Waals surface area contributed by atoms with E-state index in [1.807, 2.05) is 12.1 Å². The van der Waals surface area contributed by atoms with Gasteiger partial charge in [0.2, 0.25) is 0 Å². The van der Waals surface area contributed by atoms with Crippen LogP contribution in [0.3, 0.4) is 0 Å². The number of anilines is 1. The van der Waals surface area contributed by atoms with E-state index in [-0.39, 0.29) is 10.7 Å². The Labute approximate surface area is 205 Å². The van der Waals surface area contributed by atoms with E-state index in [0.717, 1.165) is 59.5 Å². The molecule has 0 bridgehead atoms. The van der Waals surface area contributed by atoms with Crippen LogP contribution in [-0.2, 0) is 16.4 Å². The number of halogens is 1. The number of fused-ring (bicyclic) bond motifs is 1. The molecule has 4 aromatic rings. The van der Waals surface area contributed by atoms with E-state index in [1.54, 1.807) is 36.5 Å². The molecule has 0 radical (unpaired) electrons. The lowest BCUT2D eigenvalue weighted by molar-refractivity contribution is 0.254. The van der Waals surface area contributed by atoms with Crippen molar-refractivity contribution in [2.24, 2.45) is 0 Å². The van der Waals surface area contributed by atoms with Crippen LogP contribution in [0.5, 0.6) is 0 Å². The summed E-state index contributed by atoms with van der Waals surface area (Å²) < 4.78 is 38.7. The predicted molar refractivity (Wildman–Crippen MR) is 138 cm³/mol. The number of hydrogen-bond acceptors (Lipinski definition) is 5. The largest absolute Gasteiger partial charge is 0.381 e. The Kier molecular flexibility index (Phi) is 6.34. The van der Waals surface area contributed by atoms with Crippen LogP contribution in [0.1, 0.15) is 30.0 Å². The summed E-state index contributed by atoms with van der Waals surface area (Å²) in [6.07, 6.45) is 5.09. The Morgan fingerprint density at radius 2 is 1.89 bits per heavy atom. The van der Waals surface area contributed by atoms with Gasteiger partial charge in [-0.25, -0.2) is 17.8 Å². The summed E-state index contributed by atoms with van der Waals surface area (Å²) in [5.74, 6) is 0.151. The van der Waals surface area contributed by atoms with E-state index in [1.165, 1.54) is 12.3 Å². The minimum absolute atomic E-state index is 0.281. The lowest BCUT2D eigenvalue weighted by Crippen LogP contribution is -2.29. The van der Waals surface area contributed by atoms with Crippen molar-refractivity contribution in [3.8, 4) is 11.1 Å². The van der Waals surface area contributed by atoms with Crippen molar-refractivity contribution in [2.75, 3.05) is 31.7 Å². The first-order valence-electron chi connectivity index (χ1n) is 11.8. The third-order valence-electron chi connectivity index (χ3n) is 6.79. The Hall–Kier alpha value is -3.23.